The predicted molar refractivity (Wildman–Crippen MR) is 122 cm³/mol. The van der Waals surface area contributed by atoms with Gasteiger partial charge in [-0.2, -0.15) is 10.4 Å². The fraction of sp³-hybridized carbons (Fsp3) is 0.280. The highest BCUT2D eigenvalue weighted by Gasteiger charge is 2.53. The number of nitrogens with one attached hydrogen (secondary N) is 1. The van der Waals surface area contributed by atoms with Crippen molar-refractivity contribution in [2.45, 2.75) is 37.6 Å². The Hall–Kier alpha value is -3.92. The van der Waals surface area contributed by atoms with Gasteiger partial charge in [-0.3, -0.25) is 4.79 Å². The first kappa shape index (κ1) is 18.8. The number of fused-ring (bicyclic) bond motifs is 4. The van der Waals surface area contributed by atoms with Crippen LogP contribution in [0.5, 0.6) is 0 Å². The van der Waals surface area contributed by atoms with Crippen LogP contribution in [0.4, 0.5) is 5.82 Å². The van der Waals surface area contributed by atoms with E-state index in [4.69, 9.17) is 10.1 Å². The summed E-state index contributed by atoms with van der Waals surface area (Å²) in [5.41, 5.74) is 2.42. The lowest BCUT2D eigenvalue weighted by atomic mass is 9.72. The lowest BCUT2D eigenvalue weighted by Crippen LogP contribution is -2.53. The highest BCUT2D eigenvalue weighted by atomic mass is 16.1. The van der Waals surface area contributed by atoms with Gasteiger partial charge < -0.3 is 9.88 Å². The van der Waals surface area contributed by atoms with Crippen molar-refractivity contribution in [2.75, 3.05) is 11.4 Å². The fourth-order valence-electron chi connectivity index (χ4n) is 5.43. The number of benzene rings is 2. The highest BCUT2D eigenvalue weighted by molar-refractivity contribution is 5.77. The zero-order chi connectivity index (χ0) is 21.9. The molecule has 0 saturated carbocycles. The van der Waals surface area contributed by atoms with E-state index in [1.807, 2.05) is 60.1 Å². The molecule has 158 valence electrons. The summed E-state index contributed by atoms with van der Waals surface area (Å²) in [7, 11) is 0. The van der Waals surface area contributed by atoms with Gasteiger partial charge in [0.25, 0.3) is 5.56 Å². The van der Waals surface area contributed by atoms with E-state index < -0.39 is 5.41 Å². The van der Waals surface area contributed by atoms with Crippen LogP contribution in [0.15, 0.2) is 59.4 Å². The number of hydrogen-bond donors (Lipinski definition) is 1. The van der Waals surface area contributed by atoms with E-state index in [-0.39, 0.29) is 11.6 Å². The lowest BCUT2D eigenvalue weighted by Gasteiger charge is -2.43. The summed E-state index contributed by atoms with van der Waals surface area (Å²) in [6.45, 7) is 2.84. The van der Waals surface area contributed by atoms with Crippen molar-refractivity contribution < 1.29 is 0 Å². The maximum atomic E-state index is 12.9. The summed E-state index contributed by atoms with van der Waals surface area (Å²) >= 11 is 0. The molecule has 0 spiro atoms. The highest BCUT2D eigenvalue weighted by Crippen LogP contribution is 2.48. The molecule has 7 heteroatoms. The van der Waals surface area contributed by atoms with Gasteiger partial charge in [0.2, 0.25) is 0 Å². The molecule has 0 amide bonds. The van der Waals surface area contributed by atoms with E-state index in [9.17, 15) is 10.1 Å². The summed E-state index contributed by atoms with van der Waals surface area (Å²) in [4.78, 5) is 22.9. The number of aromatic amines is 1. The average Bonchev–Trinajstić information content (AvgIpc) is 3.44. The van der Waals surface area contributed by atoms with E-state index in [1.54, 1.807) is 6.07 Å². The van der Waals surface area contributed by atoms with Crippen molar-refractivity contribution in [3.05, 3.63) is 82.0 Å². The second-order valence-electron chi connectivity index (χ2n) is 8.68. The summed E-state index contributed by atoms with van der Waals surface area (Å²) in [6, 6.07) is 19.9. The monoisotopic (exact) mass is 422 g/mol. The van der Waals surface area contributed by atoms with Crippen LogP contribution in [-0.2, 0) is 11.8 Å². The van der Waals surface area contributed by atoms with E-state index in [0.29, 0.717) is 23.1 Å². The third-order valence-electron chi connectivity index (χ3n) is 6.94. The van der Waals surface area contributed by atoms with Crippen LogP contribution in [0, 0.1) is 18.3 Å². The molecule has 4 heterocycles. The van der Waals surface area contributed by atoms with E-state index >= 15 is 0 Å². The summed E-state index contributed by atoms with van der Waals surface area (Å²) < 4.78 is 2.00. The van der Waals surface area contributed by atoms with E-state index in [0.717, 1.165) is 42.1 Å². The van der Waals surface area contributed by atoms with Gasteiger partial charge in [-0.25, -0.2) is 9.67 Å². The fourth-order valence-corrected chi connectivity index (χ4v) is 5.43. The van der Waals surface area contributed by atoms with E-state index in [2.05, 4.69) is 16.0 Å². The van der Waals surface area contributed by atoms with Crippen LogP contribution >= 0.6 is 0 Å². The molecule has 0 unspecified atom stereocenters. The van der Waals surface area contributed by atoms with Crippen LogP contribution in [0.25, 0.3) is 16.6 Å². The lowest BCUT2D eigenvalue weighted by molar-refractivity contribution is 0.387. The van der Waals surface area contributed by atoms with Gasteiger partial charge in [0.1, 0.15) is 17.1 Å². The number of nitrogens with zero attached hydrogens (tertiary/aromatic N) is 5. The van der Waals surface area contributed by atoms with Gasteiger partial charge in [-0.15, -0.1) is 0 Å². The predicted octanol–water partition coefficient (Wildman–Crippen LogP) is 3.40. The number of rotatable bonds is 2. The Labute approximate surface area is 184 Å². The van der Waals surface area contributed by atoms with Gasteiger partial charge in [-0.05, 0) is 44.0 Å². The zero-order valence-corrected chi connectivity index (χ0v) is 17.7. The third kappa shape index (κ3) is 2.50. The molecule has 1 saturated heterocycles. The molecular weight excluding hydrogens is 400 g/mol. The molecule has 0 bridgehead atoms. The quantitative estimate of drug-likeness (QED) is 0.535. The number of aryl methyl sites for hydroxylation is 1. The summed E-state index contributed by atoms with van der Waals surface area (Å²) in [5, 5.41) is 16.0. The molecular formula is C25H22N6O. The van der Waals surface area contributed by atoms with Crippen molar-refractivity contribution in [3.63, 3.8) is 0 Å². The largest absolute Gasteiger partial charge is 0.351 e. The molecule has 0 radical (unpaired) electrons. The molecule has 7 nitrogen and oxygen atoms in total. The normalized spacial score (nSPS) is 21.9. The Bertz CT molecular complexity index is 1450. The van der Waals surface area contributed by atoms with Crippen LogP contribution in [0.2, 0.25) is 0 Å². The molecule has 2 aliphatic heterocycles. The first-order chi connectivity index (χ1) is 15.6. The molecule has 1 N–H and O–H groups in total. The Morgan fingerprint density at radius 1 is 1.16 bits per heavy atom. The topological polar surface area (TPSA) is 90.6 Å². The standard InChI is InChI=1S/C25H22N6O/c1-16-19-14-25(15-26,24-27-20-11-6-5-10-18(20)22(32)28-24)21-12-7-13-30(21)23(19)31(29-16)17-8-3-2-4-9-17/h2-6,8-11,21H,7,12-14H2,1H3,(H,27,28,32)/t21-,25-/m1/s1. The number of anilines is 1. The van der Waals surface area contributed by atoms with E-state index in [1.165, 1.54) is 0 Å². The Morgan fingerprint density at radius 3 is 2.75 bits per heavy atom. The molecule has 4 aromatic rings. The minimum atomic E-state index is -0.942. The van der Waals surface area contributed by atoms with Crippen LogP contribution < -0.4 is 10.5 Å². The second kappa shape index (κ2) is 6.79. The summed E-state index contributed by atoms with van der Waals surface area (Å²) in [5.74, 6) is 1.52. The number of H-pyrrole nitrogens is 1. The molecule has 2 atom stereocenters. The minimum Gasteiger partial charge on any atom is -0.351 e. The van der Waals surface area contributed by atoms with Crippen LogP contribution in [0.1, 0.15) is 29.9 Å². The van der Waals surface area contributed by atoms with Crippen molar-refractivity contribution in [3.8, 4) is 11.8 Å². The maximum absolute atomic E-state index is 12.9. The minimum absolute atomic E-state index is 0.0807. The summed E-state index contributed by atoms with van der Waals surface area (Å²) in [6.07, 6.45) is 2.31. The molecule has 0 aliphatic carbocycles. The third-order valence-corrected chi connectivity index (χ3v) is 6.94. The smallest absolute Gasteiger partial charge is 0.258 e. The second-order valence-corrected chi connectivity index (χ2v) is 8.68. The van der Waals surface area contributed by atoms with Crippen LogP contribution in [0.3, 0.4) is 0 Å². The molecule has 6 rings (SSSR count). The van der Waals surface area contributed by atoms with Gasteiger partial charge >= 0.3 is 0 Å². The molecule has 1 fully saturated rings. The molecule has 32 heavy (non-hydrogen) atoms. The number of aromatic nitrogens is 4. The average molecular weight is 422 g/mol. The van der Waals surface area contributed by atoms with Gasteiger partial charge in [-0.1, -0.05) is 30.3 Å². The van der Waals surface area contributed by atoms with Gasteiger partial charge in [0.05, 0.1) is 34.4 Å². The van der Waals surface area contributed by atoms with Crippen molar-refractivity contribution in [1.29, 1.82) is 5.26 Å². The Morgan fingerprint density at radius 2 is 1.94 bits per heavy atom. The zero-order valence-electron chi connectivity index (χ0n) is 17.7. The van der Waals surface area contributed by atoms with Crippen molar-refractivity contribution >= 4 is 16.7 Å². The maximum Gasteiger partial charge on any atom is 0.258 e. The molecule has 2 aliphatic rings. The van der Waals surface area contributed by atoms with Gasteiger partial charge in [0, 0.05) is 18.5 Å². The first-order valence-corrected chi connectivity index (χ1v) is 10.9. The number of hydrogen-bond acceptors (Lipinski definition) is 5. The molecule has 2 aromatic carbocycles. The molecule has 2 aromatic heterocycles. The SMILES string of the molecule is Cc1nn(-c2ccccc2)c2c1C[C@](C#N)(c1nc3ccccc3c(=O)[nH]1)[C@H]1CCCN21. The van der Waals surface area contributed by atoms with Crippen molar-refractivity contribution in [1.82, 2.24) is 19.7 Å². The Balaban J connectivity index is 1.58. The number of nitriles is 1. The first-order valence-electron chi connectivity index (χ1n) is 10.9. The number of para-hydroxylation sites is 2. The Kier molecular flexibility index (Phi) is 3.99. The van der Waals surface area contributed by atoms with Gasteiger partial charge in [0.15, 0.2) is 0 Å². The van der Waals surface area contributed by atoms with Crippen LogP contribution in [-0.4, -0.2) is 32.3 Å². The van der Waals surface area contributed by atoms with Crippen molar-refractivity contribution in [2.24, 2.45) is 0 Å².